The van der Waals surface area contributed by atoms with Crippen LogP contribution in [-0.4, -0.2) is 41.7 Å². The Labute approximate surface area is 177 Å². The molecule has 0 radical (unpaired) electrons. The molecule has 1 aromatic heterocycles. The normalized spacial score (nSPS) is 23.2. The predicted molar refractivity (Wildman–Crippen MR) is 119 cm³/mol. The lowest BCUT2D eigenvalue weighted by Gasteiger charge is -2.45. The average Bonchev–Trinajstić information content (AvgIpc) is 3.09. The minimum absolute atomic E-state index is 0.306. The molecule has 2 unspecified atom stereocenters. The molecule has 30 heavy (non-hydrogen) atoms. The van der Waals surface area contributed by atoms with Gasteiger partial charge in [0.2, 0.25) is 0 Å². The highest BCUT2D eigenvalue weighted by Crippen LogP contribution is 2.44. The molecule has 1 saturated heterocycles. The van der Waals surface area contributed by atoms with E-state index in [4.69, 9.17) is 4.74 Å². The van der Waals surface area contributed by atoms with E-state index in [2.05, 4.69) is 53.3 Å². The fourth-order valence-electron chi connectivity index (χ4n) is 5.48. The van der Waals surface area contributed by atoms with Crippen molar-refractivity contribution < 1.29 is 9.53 Å². The van der Waals surface area contributed by atoms with Gasteiger partial charge in [-0.05, 0) is 48.6 Å². The first-order valence-corrected chi connectivity index (χ1v) is 10.8. The van der Waals surface area contributed by atoms with Crippen LogP contribution in [0.15, 0.2) is 54.7 Å². The number of nitrogens with one attached hydrogen (secondary N) is 1. The van der Waals surface area contributed by atoms with Crippen LogP contribution in [0.1, 0.15) is 29.0 Å². The van der Waals surface area contributed by atoms with Gasteiger partial charge < -0.3 is 19.5 Å². The van der Waals surface area contributed by atoms with E-state index in [0.717, 1.165) is 24.9 Å². The van der Waals surface area contributed by atoms with E-state index in [1.165, 1.54) is 22.0 Å². The average molecular weight is 404 g/mol. The minimum Gasteiger partial charge on any atom is -0.445 e. The maximum Gasteiger partial charge on any atom is 0.407 e. The highest BCUT2D eigenvalue weighted by Gasteiger charge is 2.39. The lowest BCUT2D eigenvalue weighted by molar-refractivity contribution is 0.104. The highest BCUT2D eigenvalue weighted by atomic mass is 16.5. The number of likely N-dealkylation sites (tertiary alicyclic amines) is 1. The summed E-state index contributed by atoms with van der Waals surface area (Å²) >= 11 is 0. The number of amides is 1. The molecule has 5 heteroatoms. The monoisotopic (exact) mass is 403 g/mol. The number of benzene rings is 2. The van der Waals surface area contributed by atoms with Gasteiger partial charge in [-0.2, -0.15) is 0 Å². The number of aromatic nitrogens is 1. The zero-order valence-corrected chi connectivity index (χ0v) is 17.7. The number of rotatable bonds is 4. The number of carbonyl (C=O) groups is 1. The van der Waals surface area contributed by atoms with Crippen molar-refractivity contribution in [2.75, 3.05) is 20.1 Å². The lowest BCUT2D eigenvalue weighted by atomic mass is 9.72. The summed E-state index contributed by atoms with van der Waals surface area (Å²) in [4.78, 5) is 14.7. The molecule has 0 bridgehead atoms. The number of nitrogens with zero attached hydrogens (tertiary/aromatic N) is 2. The zero-order chi connectivity index (χ0) is 20.7. The summed E-state index contributed by atoms with van der Waals surface area (Å²) in [6.07, 6.45) is 4.17. The summed E-state index contributed by atoms with van der Waals surface area (Å²) in [5.74, 6) is 0.926. The van der Waals surface area contributed by atoms with Crippen LogP contribution in [-0.2, 0) is 24.8 Å². The number of aryl methyl sites for hydroxylation is 1. The molecule has 2 aromatic carbocycles. The van der Waals surface area contributed by atoms with Gasteiger partial charge in [0.15, 0.2) is 0 Å². The van der Waals surface area contributed by atoms with E-state index in [1.807, 2.05) is 30.3 Å². The van der Waals surface area contributed by atoms with Crippen molar-refractivity contribution in [3.8, 4) is 0 Å². The number of hydrogen-bond donors (Lipinski definition) is 1. The third-order valence-corrected chi connectivity index (χ3v) is 6.87. The standard InChI is InChI=1S/C25H29N3O2/c1-27-14-18(13-26-25(29)30-16-17-7-4-3-5-8-17)11-21-20-9-6-10-22-24(20)19(12-23(21)27)15-28(22)2/h3-10,15,18,21,23H,11-14,16H2,1-2H3,(H,26,29)/t18?,21-,23?/m0/s1. The quantitative estimate of drug-likeness (QED) is 0.714. The predicted octanol–water partition coefficient (Wildman–Crippen LogP) is 4.06. The van der Waals surface area contributed by atoms with Crippen molar-refractivity contribution in [2.45, 2.75) is 31.4 Å². The third kappa shape index (κ3) is 3.47. The van der Waals surface area contributed by atoms with E-state index in [0.29, 0.717) is 31.0 Å². The van der Waals surface area contributed by atoms with Crippen LogP contribution in [0.3, 0.4) is 0 Å². The van der Waals surface area contributed by atoms with Crippen molar-refractivity contribution in [1.29, 1.82) is 0 Å². The first-order chi connectivity index (χ1) is 14.6. The molecule has 1 amide bonds. The summed E-state index contributed by atoms with van der Waals surface area (Å²) in [5, 5.41) is 4.44. The maximum absolute atomic E-state index is 12.2. The lowest BCUT2D eigenvalue weighted by Crippen LogP contribution is -2.50. The van der Waals surface area contributed by atoms with Crippen LogP contribution < -0.4 is 5.32 Å². The highest BCUT2D eigenvalue weighted by molar-refractivity contribution is 5.89. The number of fused-ring (bicyclic) bond motifs is 2. The number of likely N-dealkylation sites (N-methyl/N-ethyl adjacent to an activating group) is 1. The molecule has 2 aliphatic rings. The van der Waals surface area contributed by atoms with E-state index >= 15 is 0 Å². The van der Waals surface area contributed by atoms with E-state index in [9.17, 15) is 4.79 Å². The van der Waals surface area contributed by atoms with Crippen molar-refractivity contribution >= 4 is 17.0 Å². The van der Waals surface area contributed by atoms with Crippen LogP contribution in [0.2, 0.25) is 0 Å². The third-order valence-electron chi connectivity index (χ3n) is 6.87. The molecule has 1 N–H and O–H groups in total. The summed E-state index contributed by atoms with van der Waals surface area (Å²) in [6.45, 7) is 1.96. The molecule has 5 nitrogen and oxygen atoms in total. The van der Waals surface area contributed by atoms with Gasteiger partial charge >= 0.3 is 6.09 Å². The Morgan fingerprint density at radius 3 is 2.80 bits per heavy atom. The number of carbonyl (C=O) groups excluding carboxylic acids is 1. The number of ether oxygens (including phenoxy) is 1. The molecule has 3 aromatic rings. The molecule has 1 fully saturated rings. The number of piperidine rings is 1. The maximum atomic E-state index is 12.2. The molecular formula is C25H29N3O2. The number of hydrogen-bond acceptors (Lipinski definition) is 3. The van der Waals surface area contributed by atoms with Gasteiger partial charge in [0.25, 0.3) is 0 Å². The smallest absolute Gasteiger partial charge is 0.407 e. The summed E-state index contributed by atoms with van der Waals surface area (Å²) in [7, 11) is 4.37. The van der Waals surface area contributed by atoms with Crippen molar-refractivity contribution in [1.82, 2.24) is 14.8 Å². The Morgan fingerprint density at radius 1 is 1.13 bits per heavy atom. The summed E-state index contributed by atoms with van der Waals surface area (Å²) in [6, 6.07) is 17.0. The van der Waals surface area contributed by atoms with Crippen molar-refractivity contribution in [3.05, 3.63) is 71.4 Å². The largest absolute Gasteiger partial charge is 0.445 e. The molecule has 156 valence electrons. The summed E-state index contributed by atoms with van der Waals surface area (Å²) < 4.78 is 7.64. The van der Waals surface area contributed by atoms with Gasteiger partial charge in [-0.1, -0.05) is 42.5 Å². The Kier molecular flexibility index (Phi) is 4.99. The Morgan fingerprint density at radius 2 is 1.97 bits per heavy atom. The Bertz CT molecular complexity index is 1060. The van der Waals surface area contributed by atoms with Gasteiger partial charge in [-0.3, -0.25) is 0 Å². The van der Waals surface area contributed by atoms with Gasteiger partial charge in [-0.15, -0.1) is 0 Å². The second-order valence-corrected chi connectivity index (χ2v) is 8.87. The van der Waals surface area contributed by atoms with E-state index in [1.54, 1.807) is 0 Å². The molecule has 1 aliphatic carbocycles. The second-order valence-electron chi connectivity index (χ2n) is 8.87. The Balaban J connectivity index is 1.25. The van der Waals surface area contributed by atoms with Crippen molar-refractivity contribution in [3.63, 3.8) is 0 Å². The van der Waals surface area contributed by atoms with E-state index in [-0.39, 0.29) is 6.09 Å². The van der Waals surface area contributed by atoms with Crippen molar-refractivity contribution in [2.24, 2.45) is 13.0 Å². The van der Waals surface area contributed by atoms with Crippen LogP contribution in [0.5, 0.6) is 0 Å². The molecule has 3 atom stereocenters. The molecule has 0 spiro atoms. The van der Waals surface area contributed by atoms with Crippen LogP contribution in [0, 0.1) is 5.92 Å². The fourth-order valence-corrected chi connectivity index (χ4v) is 5.48. The SMILES string of the molecule is CN1CC(CNC(=O)OCc2ccccc2)C[C@H]2c3cccc4c3c(cn4C)CC21. The van der Waals surface area contributed by atoms with Gasteiger partial charge in [-0.25, -0.2) is 4.79 Å². The van der Waals surface area contributed by atoms with Gasteiger partial charge in [0.05, 0.1) is 0 Å². The first-order valence-electron chi connectivity index (χ1n) is 10.8. The fraction of sp³-hybridized carbons (Fsp3) is 0.400. The molecular weight excluding hydrogens is 374 g/mol. The van der Waals surface area contributed by atoms with E-state index < -0.39 is 0 Å². The second kappa shape index (κ2) is 7.80. The zero-order valence-electron chi connectivity index (χ0n) is 17.7. The van der Waals surface area contributed by atoms with Crippen LogP contribution in [0.4, 0.5) is 4.79 Å². The minimum atomic E-state index is -0.334. The summed E-state index contributed by atoms with van der Waals surface area (Å²) in [5.41, 5.74) is 5.27. The molecule has 5 rings (SSSR count). The van der Waals surface area contributed by atoms with Gasteiger partial charge in [0, 0.05) is 49.2 Å². The van der Waals surface area contributed by atoms with Gasteiger partial charge in [0.1, 0.15) is 6.61 Å². The molecule has 2 heterocycles. The molecule has 1 aliphatic heterocycles. The van der Waals surface area contributed by atoms with Crippen LogP contribution in [0.25, 0.3) is 10.9 Å². The topological polar surface area (TPSA) is 46.5 Å². The van der Waals surface area contributed by atoms with Crippen LogP contribution >= 0.6 is 0 Å². The number of alkyl carbamates (subject to hydrolysis) is 1. The molecule has 0 saturated carbocycles. The first kappa shape index (κ1) is 19.2. The Hall–Kier alpha value is -2.79.